The number of nitrogens with zero attached hydrogens (tertiary/aromatic N) is 1. The van der Waals surface area contributed by atoms with Crippen molar-refractivity contribution in [1.82, 2.24) is 20.9 Å². The molecule has 0 fully saturated rings. The second kappa shape index (κ2) is 38.2. The number of nitrogens with one attached hydrogen (secondary N) is 3. The van der Waals surface area contributed by atoms with Gasteiger partial charge in [0.15, 0.2) is 0 Å². The van der Waals surface area contributed by atoms with Crippen LogP contribution >= 0.6 is 11.6 Å². The van der Waals surface area contributed by atoms with Crippen LogP contribution in [-0.4, -0.2) is 111 Å². The average Bonchev–Trinajstić information content (AvgIpc) is 3.32. The van der Waals surface area contributed by atoms with E-state index in [1.165, 1.54) is 44.9 Å². The van der Waals surface area contributed by atoms with Gasteiger partial charge in [0.05, 0.1) is 13.2 Å². The Morgan fingerprint density at radius 2 is 1.05 bits per heavy atom. The van der Waals surface area contributed by atoms with Crippen molar-refractivity contribution in [2.75, 3.05) is 58.5 Å². The fourth-order valence-electron chi connectivity index (χ4n) is 6.76. The maximum absolute atomic E-state index is 13.1. The van der Waals surface area contributed by atoms with Crippen LogP contribution in [0.3, 0.4) is 0 Å². The van der Waals surface area contributed by atoms with Gasteiger partial charge in [0.1, 0.15) is 38.3 Å². The fraction of sp³-hybridized carbons (Fsp3) is 0.612. The van der Waals surface area contributed by atoms with Gasteiger partial charge in [-0.15, -0.1) is 11.6 Å². The van der Waals surface area contributed by atoms with E-state index in [2.05, 4.69) is 16.0 Å². The summed E-state index contributed by atoms with van der Waals surface area (Å²) in [6.45, 7) is 0.140. The molecule has 16 nitrogen and oxygen atoms in total. The summed E-state index contributed by atoms with van der Waals surface area (Å²) in [5.41, 5.74) is 7.24. The molecule has 0 saturated carbocycles. The lowest BCUT2D eigenvalue weighted by Crippen LogP contribution is -2.43. The Kier molecular flexibility index (Phi) is 33.1. The minimum atomic E-state index is -0.992. The van der Waals surface area contributed by atoms with Crippen molar-refractivity contribution in [3.05, 3.63) is 71.8 Å². The summed E-state index contributed by atoms with van der Waals surface area (Å²) in [6.07, 6.45) is 16.1. The quantitative estimate of drug-likeness (QED) is 0.0355. The zero-order valence-electron chi connectivity index (χ0n) is 38.8. The van der Waals surface area contributed by atoms with Gasteiger partial charge in [-0.3, -0.25) is 33.7 Å². The smallest absolute Gasteiger partial charge is 0.328 e. The number of ether oxygens (including phenoxy) is 4. The predicted octanol–water partition coefficient (Wildman–Crippen LogP) is 5.80. The second-order valence-corrected chi connectivity index (χ2v) is 16.3. The molecule has 2 aromatic rings. The van der Waals surface area contributed by atoms with Gasteiger partial charge in [-0.25, -0.2) is 4.79 Å². The first kappa shape index (κ1) is 57.2. The molecule has 0 aromatic heterocycles. The highest BCUT2D eigenvalue weighted by atomic mass is 35.5. The molecular weight excluding hydrogens is 870 g/mol. The summed E-state index contributed by atoms with van der Waals surface area (Å²) in [5.74, 6) is -3.30. The highest BCUT2D eigenvalue weighted by molar-refractivity contribution is 6.28. The third kappa shape index (κ3) is 29.6. The Labute approximate surface area is 396 Å². The number of unbranched alkanes of at least 4 members (excludes halogenated alkanes) is 13. The minimum absolute atomic E-state index is 0.0191. The van der Waals surface area contributed by atoms with Crippen molar-refractivity contribution in [3.63, 3.8) is 0 Å². The molecule has 0 bridgehead atoms. The Balaban J connectivity index is 1.53. The Bertz CT molecular complexity index is 1670. The fourth-order valence-corrected chi connectivity index (χ4v) is 6.91. The number of imide groups is 1. The number of carbonyl (C=O) groups is 7. The Hall–Kier alpha value is -4.90. The first-order valence-electron chi connectivity index (χ1n) is 23.6. The molecule has 0 heterocycles. The maximum atomic E-state index is 13.1. The highest BCUT2D eigenvalue weighted by Crippen LogP contribution is 2.15. The monoisotopic (exact) mass is 944 g/mol. The van der Waals surface area contributed by atoms with E-state index in [1.54, 1.807) is 0 Å². The molecule has 0 saturated heterocycles. The standard InChI is InChI=1S/C49H74ClN5O11/c50-35-46(59)55(32-29-51)47(60)39-64-34-31-53-45(58)38-63-33-30-52-43(56)28-27-42(49(62)66-37-41-23-17-14-18-24-41)54-44(57)25-19-11-9-7-5-3-1-2-4-6-8-10-12-20-26-48(61)65-36-40-21-15-13-16-22-40/h13-18,21-24,42H,1-12,19-20,25-39,51H2,(H,52,56)(H,53,58)(H,54,57)/t42-/m0/s1. The third-order valence-corrected chi connectivity index (χ3v) is 10.7. The van der Waals surface area contributed by atoms with Gasteiger partial charge in [0.2, 0.25) is 23.6 Å². The van der Waals surface area contributed by atoms with Gasteiger partial charge in [-0.2, -0.15) is 0 Å². The number of hydrogen-bond acceptors (Lipinski definition) is 12. The molecule has 0 unspecified atom stereocenters. The van der Waals surface area contributed by atoms with Crippen molar-refractivity contribution in [3.8, 4) is 0 Å². The number of amides is 5. The van der Waals surface area contributed by atoms with E-state index < -0.39 is 29.7 Å². The van der Waals surface area contributed by atoms with Gasteiger partial charge >= 0.3 is 11.9 Å². The summed E-state index contributed by atoms with van der Waals surface area (Å²) in [4.78, 5) is 87.4. The van der Waals surface area contributed by atoms with E-state index in [4.69, 9.17) is 36.3 Å². The summed E-state index contributed by atoms with van der Waals surface area (Å²) in [7, 11) is 0. The topological polar surface area (TPSA) is 222 Å². The van der Waals surface area contributed by atoms with Gasteiger partial charge < -0.3 is 40.6 Å². The number of nitrogens with two attached hydrogens (primary N) is 1. The number of hydrogen-bond donors (Lipinski definition) is 4. The van der Waals surface area contributed by atoms with Crippen molar-refractivity contribution in [2.45, 2.75) is 135 Å². The van der Waals surface area contributed by atoms with Crippen LogP contribution < -0.4 is 21.7 Å². The van der Waals surface area contributed by atoms with Crippen LogP contribution in [0.5, 0.6) is 0 Å². The molecule has 0 aliphatic rings. The Morgan fingerprint density at radius 3 is 1.58 bits per heavy atom. The largest absolute Gasteiger partial charge is 0.461 e. The van der Waals surface area contributed by atoms with E-state index in [9.17, 15) is 33.6 Å². The van der Waals surface area contributed by atoms with E-state index in [1.807, 2.05) is 60.7 Å². The number of alkyl halides is 1. The van der Waals surface area contributed by atoms with E-state index >= 15 is 0 Å². The van der Waals surface area contributed by atoms with E-state index in [0.717, 1.165) is 54.6 Å². The Morgan fingerprint density at radius 1 is 0.561 bits per heavy atom. The lowest BCUT2D eigenvalue weighted by Gasteiger charge is -2.18. The number of halogens is 1. The average molecular weight is 945 g/mol. The molecule has 66 heavy (non-hydrogen) atoms. The lowest BCUT2D eigenvalue weighted by atomic mass is 10.0. The summed E-state index contributed by atoms with van der Waals surface area (Å²) in [6, 6.07) is 17.9. The first-order valence-corrected chi connectivity index (χ1v) is 24.1. The SMILES string of the molecule is NCCN(C(=O)CCl)C(=O)COCCNC(=O)COCCNC(=O)CC[C@H](NC(=O)CCCCCCCCCCCCCCCCC(=O)OCc1ccccc1)C(=O)OCc1ccccc1. The van der Waals surface area contributed by atoms with Crippen LogP contribution in [0.15, 0.2) is 60.7 Å². The van der Waals surface area contributed by atoms with Gasteiger partial charge in [-0.05, 0) is 30.4 Å². The molecule has 2 aromatic carbocycles. The van der Waals surface area contributed by atoms with Crippen LogP contribution in [-0.2, 0) is 65.7 Å². The van der Waals surface area contributed by atoms with E-state index in [0.29, 0.717) is 19.4 Å². The molecule has 0 aliphatic heterocycles. The molecule has 0 radical (unpaired) electrons. The van der Waals surface area contributed by atoms with Crippen LogP contribution in [0.4, 0.5) is 0 Å². The summed E-state index contributed by atoms with van der Waals surface area (Å²) >= 11 is 5.52. The van der Waals surface area contributed by atoms with Gasteiger partial charge in [0.25, 0.3) is 5.91 Å². The van der Waals surface area contributed by atoms with Crippen molar-refractivity contribution < 1.29 is 52.5 Å². The van der Waals surface area contributed by atoms with Gasteiger partial charge in [0, 0.05) is 45.4 Å². The number of rotatable bonds is 39. The zero-order chi connectivity index (χ0) is 47.9. The van der Waals surface area contributed by atoms with Crippen LogP contribution in [0.2, 0.25) is 0 Å². The van der Waals surface area contributed by atoms with Crippen LogP contribution in [0.25, 0.3) is 0 Å². The van der Waals surface area contributed by atoms with Crippen molar-refractivity contribution in [1.29, 1.82) is 0 Å². The number of esters is 2. The molecule has 5 N–H and O–H groups in total. The van der Waals surface area contributed by atoms with Gasteiger partial charge in [-0.1, -0.05) is 138 Å². The summed E-state index contributed by atoms with van der Waals surface area (Å²) in [5, 5.41) is 8.04. The summed E-state index contributed by atoms with van der Waals surface area (Å²) < 4.78 is 21.4. The molecule has 5 amide bonds. The van der Waals surface area contributed by atoms with Crippen LogP contribution in [0, 0.1) is 0 Å². The molecule has 0 aliphatic carbocycles. The molecule has 17 heteroatoms. The van der Waals surface area contributed by atoms with Crippen molar-refractivity contribution in [2.24, 2.45) is 5.73 Å². The number of benzene rings is 2. The zero-order valence-corrected chi connectivity index (χ0v) is 39.5. The van der Waals surface area contributed by atoms with Crippen molar-refractivity contribution >= 4 is 53.1 Å². The predicted molar refractivity (Wildman–Crippen MR) is 252 cm³/mol. The molecular formula is C49H74ClN5O11. The van der Waals surface area contributed by atoms with Crippen LogP contribution in [0.1, 0.15) is 127 Å². The molecule has 368 valence electrons. The minimum Gasteiger partial charge on any atom is -0.461 e. The maximum Gasteiger partial charge on any atom is 0.328 e. The lowest BCUT2D eigenvalue weighted by molar-refractivity contribution is -0.149. The number of carbonyl (C=O) groups excluding carboxylic acids is 7. The molecule has 2 rings (SSSR count). The molecule has 0 spiro atoms. The third-order valence-electron chi connectivity index (χ3n) is 10.4. The normalized spacial score (nSPS) is 11.3. The molecule has 1 atom stereocenters. The highest BCUT2D eigenvalue weighted by Gasteiger charge is 2.24. The van der Waals surface area contributed by atoms with E-state index in [-0.39, 0.29) is 102 Å². The first-order chi connectivity index (χ1) is 32.1. The second-order valence-electron chi connectivity index (χ2n) is 16.0.